The highest BCUT2D eigenvalue weighted by Gasteiger charge is 2.18. The van der Waals surface area contributed by atoms with Gasteiger partial charge in [-0.1, -0.05) is 43.7 Å². The highest BCUT2D eigenvalue weighted by atomic mass is 16.5. The van der Waals surface area contributed by atoms with E-state index in [1.54, 1.807) is 30.3 Å². The Bertz CT molecular complexity index is 719. The van der Waals surface area contributed by atoms with E-state index in [0.29, 0.717) is 16.7 Å². The highest BCUT2D eigenvalue weighted by Crippen LogP contribution is 2.29. The van der Waals surface area contributed by atoms with Crippen molar-refractivity contribution in [1.29, 1.82) is 0 Å². The molecule has 23 heavy (non-hydrogen) atoms. The number of ether oxygens (including phenoxy) is 1. The summed E-state index contributed by atoms with van der Waals surface area (Å²) < 4.78 is 4.81. The fourth-order valence-corrected chi connectivity index (χ4v) is 2.54. The van der Waals surface area contributed by atoms with Crippen LogP contribution in [0.5, 0.6) is 0 Å². The number of aromatic carboxylic acids is 1. The van der Waals surface area contributed by atoms with Crippen LogP contribution in [-0.2, 0) is 11.2 Å². The van der Waals surface area contributed by atoms with Crippen LogP contribution in [0.2, 0.25) is 0 Å². The number of carboxylic acids is 1. The average molecular weight is 312 g/mol. The maximum absolute atomic E-state index is 12.0. The van der Waals surface area contributed by atoms with Crippen LogP contribution in [0, 0.1) is 0 Å². The third-order valence-corrected chi connectivity index (χ3v) is 3.76. The smallest absolute Gasteiger partial charge is 0.338 e. The fraction of sp³-hybridized carbons (Fsp3) is 0.263. The van der Waals surface area contributed by atoms with E-state index >= 15 is 0 Å². The van der Waals surface area contributed by atoms with E-state index in [-0.39, 0.29) is 5.56 Å². The van der Waals surface area contributed by atoms with Crippen molar-refractivity contribution >= 4 is 11.9 Å². The molecule has 0 aromatic heterocycles. The lowest BCUT2D eigenvalue weighted by Crippen LogP contribution is -2.06. The first-order chi connectivity index (χ1) is 11.1. The predicted molar refractivity (Wildman–Crippen MR) is 88.8 cm³/mol. The van der Waals surface area contributed by atoms with Crippen LogP contribution in [0.4, 0.5) is 0 Å². The SMILES string of the molecule is CCCCc1ccc(C(=O)O)c(-c2ccccc2C(=O)OC)c1. The Morgan fingerprint density at radius 3 is 2.43 bits per heavy atom. The molecule has 0 saturated heterocycles. The summed E-state index contributed by atoms with van der Waals surface area (Å²) >= 11 is 0. The second kappa shape index (κ2) is 7.58. The molecule has 2 rings (SSSR count). The zero-order valence-corrected chi connectivity index (χ0v) is 13.3. The molecule has 0 bridgehead atoms. The normalized spacial score (nSPS) is 10.3. The Labute approximate surface area is 135 Å². The standard InChI is InChI=1S/C19H20O4/c1-3-4-7-13-10-11-15(18(20)21)17(12-13)14-8-5-6-9-16(14)19(22)23-2/h5-6,8-12H,3-4,7H2,1-2H3,(H,20,21). The Morgan fingerprint density at radius 2 is 1.78 bits per heavy atom. The van der Waals surface area contributed by atoms with Gasteiger partial charge in [0.1, 0.15) is 0 Å². The molecule has 0 amide bonds. The number of aryl methyl sites for hydroxylation is 1. The number of benzene rings is 2. The number of hydrogen-bond donors (Lipinski definition) is 1. The summed E-state index contributed by atoms with van der Waals surface area (Å²) in [5.41, 5.74) is 2.74. The van der Waals surface area contributed by atoms with Crippen LogP contribution in [0.3, 0.4) is 0 Å². The van der Waals surface area contributed by atoms with Gasteiger partial charge in [0.05, 0.1) is 18.2 Å². The average Bonchev–Trinajstić information content (AvgIpc) is 2.58. The molecule has 0 atom stereocenters. The van der Waals surface area contributed by atoms with Crippen molar-refractivity contribution < 1.29 is 19.4 Å². The molecule has 4 heteroatoms. The van der Waals surface area contributed by atoms with E-state index in [1.807, 2.05) is 12.1 Å². The van der Waals surface area contributed by atoms with Crippen molar-refractivity contribution in [3.63, 3.8) is 0 Å². The summed E-state index contributed by atoms with van der Waals surface area (Å²) in [6, 6.07) is 12.2. The summed E-state index contributed by atoms with van der Waals surface area (Å²) in [5, 5.41) is 9.46. The second-order valence-electron chi connectivity index (χ2n) is 5.33. The van der Waals surface area contributed by atoms with E-state index in [4.69, 9.17) is 4.74 Å². The van der Waals surface area contributed by atoms with E-state index in [0.717, 1.165) is 24.8 Å². The molecule has 2 aromatic rings. The molecule has 0 unspecified atom stereocenters. The van der Waals surface area contributed by atoms with E-state index in [1.165, 1.54) is 7.11 Å². The van der Waals surface area contributed by atoms with E-state index in [2.05, 4.69) is 6.92 Å². The number of methoxy groups -OCH3 is 1. The van der Waals surface area contributed by atoms with E-state index < -0.39 is 11.9 Å². The molecule has 0 aliphatic rings. The Kier molecular flexibility index (Phi) is 5.52. The zero-order chi connectivity index (χ0) is 16.8. The molecule has 0 aliphatic heterocycles. The van der Waals surface area contributed by atoms with Crippen LogP contribution in [0.15, 0.2) is 42.5 Å². The predicted octanol–water partition coefficient (Wildman–Crippen LogP) is 4.18. The number of esters is 1. The number of rotatable bonds is 6. The summed E-state index contributed by atoms with van der Waals surface area (Å²) in [6.45, 7) is 2.11. The van der Waals surface area contributed by atoms with Crippen LogP contribution in [0.1, 0.15) is 46.0 Å². The molecule has 0 radical (unpaired) electrons. The first kappa shape index (κ1) is 16.7. The number of carbonyl (C=O) groups excluding carboxylic acids is 1. The van der Waals surface area contributed by atoms with E-state index in [9.17, 15) is 14.7 Å². The van der Waals surface area contributed by atoms with Gasteiger partial charge >= 0.3 is 11.9 Å². The van der Waals surface area contributed by atoms with Gasteiger partial charge in [0.2, 0.25) is 0 Å². The van der Waals surface area contributed by atoms with Gasteiger partial charge in [-0.25, -0.2) is 9.59 Å². The van der Waals surface area contributed by atoms with Gasteiger partial charge in [0, 0.05) is 0 Å². The summed E-state index contributed by atoms with van der Waals surface area (Å²) in [4.78, 5) is 23.5. The minimum absolute atomic E-state index is 0.182. The van der Waals surface area contributed by atoms with Crippen molar-refractivity contribution in [1.82, 2.24) is 0 Å². The first-order valence-electron chi connectivity index (χ1n) is 7.62. The van der Waals surface area contributed by atoms with Gasteiger partial charge in [0.25, 0.3) is 0 Å². The largest absolute Gasteiger partial charge is 0.478 e. The van der Waals surface area contributed by atoms with Crippen LogP contribution < -0.4 is 0 Å². The summed E-state index contributed by atoms with van der Waals surface area (Å²) in [7, 11) is 1.31. The van der Waals surface area contributed by atoms with Gasteiger partial charge in [-0.2, -0.15) is 0 Å². The number of unbranched alkanes of at least 4 members (excludes halogenated alkanes) is 1. The monoisotopic (exact) mass is 312 g/mol. The molecule has 0 spiro atoms. The first-order valence-corrected chi connectivity index (χ1v) is 7.62. The lowest BCUT2D eigenvalue weighted by atomic mass is 9.92. The molecule has 0 aliphatic carbocycles. The molecule has 0 heterocycles. The third kappa shape index (κ3) is 3.77. The van der Waals surface area contributed by atoms with Crippen LogP contribution in [-0.4, -0.2) is 24.2 Å². The molecular weight excluding hydrogens is 292 g/mol. The molecule has 120 valence electrons. The Morgan fingerprint density at radius 1 is 1.04 bits per heavy atom. The maximum Gasteiger partial charge on any atom is 0.338 e. The Hall–Kier alpha value is -2.62. The third-order valence-electron chi connectivity index (χ3n) is 3.76. The number of hydrogen-bond acceptors (Lipinski definition) is 3. The van der Waals surface area contributed by atoms with Gasteiger partial charge in [0.15, 0.2) is 0 Å². The van der Waals surface area contributed by atoms with Gasteiger partial charge in [-0.3, -0.25) is 0 Å². The molecular formula is C19H20O4. The lowest BCUT2D eigenvalue weighted by Gasteiger charge is -2.12. The summed E-state index contributed by atoms with van der Waals surface area (Å²) in [6.07, 6.45) is 2.98. The van der Waals surface area contributed by atoms with Crippen molar-refractivity contribution in [3.8, 4) is 11.1 Å². The lowest BCUT2D eigenvalue weighted by molar-refractivity contribution is 0.0600. The number of carbonyl (C=O) groups is 2. The van der Waals surface area contributed by atoms with Crippen molar-refractivity contribution in [2.24, 2.45) is 0 Å². The minimum Gasteiger partial charge on any atom is -0.478 e. The zero-order valence-electron chi connectivity index (χ0n) is 13.3. The quantitative estimate of drug-likeness (QED) is 0.813. The number of carboxylic acid groups (broad SMARTS) is 1. The molecule has 4 nitrogen and oxygen atoms in total. The fourth-order valence-electron chi connectivity index (χ4n) is 2.54. The minimum atomic E-state index is -1.01. The molecule has 0 saturated carbocycles. The van der Waals surface area contributed by atoms with Crippen LogP contribution in [0.25, 0.3) is 11.1 Å². The molecule has 2 aromatic carbocycles. The Balaban J connectivity index is 2.60. The second-order valence-corrected chi connectivity index (χ2v) is 5.33. The molecule has 1 N–H and O–H groups in total. The highest BCUT2D eigenvalue weighted by molar-refractivity contribution is 6.02. The van der Waals surface area contributed by atoms with Gasteiger partial charge < -0.3 is 9.84 Å². The van der Waals surface area contributed by atoms with Crippen molar-refractivity contribution in [3.05, 3.63) is 59.2 Å². The van der Waals surface area contributed by atoms with Gasteiger partial charge in [-0.15, -0.1) is 0 Å². The molecule has 0 fully saturated rings. The topological polar surface area (TPSA) is 63.6 Å². The van der Waals surface area contributed by atoms with Crippen molar-refractivity contribution in [2.75, 3.05) is 7.11 Å². The van der Waals surface area contributed by atoms with Crippen molar-refractivity contribution in [2.45, 2.75) is 26.2 Å². The van der Waals surface area contributed by atoms with Crippen LogP contribution >= 0.6 is 0 Å². The van der Waals surface area contributed by atoms with Gasteiger partial charge in [-0.05, 0) is 41.7 Å². The summed E-state index contributed by atoms with van der Waals surface area (Å²) in [5.74, 6) is -1.49. The maximum atomic E-state index is 12.0.